The predicted octanol–water partition coefficient (Wildman–Crippen LogP) is 1.15. The molecule has 4 heterocycles. The maximum Gasteiger partial charge on any atom is 0.227 e. The van der Waals surface area contributed by atoms with Gasteiger partial charge in [0.15, 0.2) is 0 Å². The van der Waals surface area contributed by atoms with Crippen LogP contribution in [0.5, 0.6) is 0 Å². The van der Waals surface area contributed by atoms with Gasteiger partial charge in [0.05, 0.1) is 12.0 Å². The third-order valence-electron chi connectivity index (χ3n) is 5.12. The predicted molar refractivity (Wildman–Crippen MR) is 91.8 cm³/mol. The second-order valence-corrected chi connectivity index (χ2v) is 6.79. The van der Waals surface area contributed by atoms with Crippen LogP contribution in [0.1, 0.15) is 31.7 Å². The zero-order valence-electron chi connectivity index (χ0n) is 14.2. The largest absolute Gasteiger partial charge is 0.340 e. The molecule has 8 heteroatoms. The number of hydrogen-bond acceptors (Lipinski definition) is 6. The fourth-order valence-corrected chi connectivity index (χ4v) is 3.85. The molecule has 0 aromatic carbocycles. The molecular formula is C17H23N7O. The van der Waals surface area contributed by atoms with Crippen molar-refractivity contribution in [2.24, 2.45) is 5.92 Å². The van der Waals surface area contributed by atoms with E-state index in [0.29, 0.717) is 6.54 Å². The summed E-state index contributed by atoms with van der Waals surface area (Å²) in [6.45, 7) is 3.17. The first-order valence-corrected chi connectivity index (χ1v) is 8.96. The zero-order valence-corrected chi connectivity index (χ0v) is 14.2. The van der Waals surface area contributed by atoms with Gasteiger partial charge in [0, 0.05) is 38.6 Å². The van der Waals surface area contributed by atoms with Crippen LogP contribution < -0.4 is 4.90 Å². The van der Waals surface area contributed by atoms with Crippen molar-refractivity contribution in [1.29, 1.82) is 0 Å². The monoisotopic (exact) mass is 341 g/mol. The Morgan fingerprint density at radius 3 is 2.72 bits per heavy atom. The Morgan fingerprint density at radius 1 is 1.08 bits per heavy atom. The third-order valence-corrected chi connectivity index (χ3v) is 5.12. The minimum atomic E-state index is 0.0204. The Bertz CT molecular complexity index is 690. The van der Waals surface area contributed by atoms with Gasteiger partial charge in [-0.2, -0.15) is 5.10 Å². The lowest BCUT2D eigenvalue weighted by atomic mass is 9.95. The van der Waals surface area contributed by atoms with Gasteiger partial charge in [0.2, 0.25) is 11.9 Å². The van der Waals surface area contributed by atoms with Gasteiger partial charge >= 0.3 is 0 Å². The van der Waals surface area contributed by atoms with Crippen molar-refractivity contribution in [3.8, 4) is 0 Å². The van der Waals surface area contributed by atoms with Crippen LogP contribution in [-0.4, -0.2) is 61.7 Å². The molecule has 2 unspecified atom stereocenters. The van der Waals surface area contributed by atoms with Gasteiger partial charge in [0.1, 0.15) is 12.7 Å². The van der Waals surface area contributed by atoms with Crippen LogP contribution in [0, 0.1) is 5.92 Å². The molecule has 0 spiro atoms. The van der Waals surface area contributed by atoms with Gasteiger partial charge in [-0.1, -0.05) is 0 Å². The lowest BCUT2D eigenvalue weighted by Crippen LogP contribution is -2.48. The molecule has 1 amide bonds. The number of aromatic nitrogens is 5. The van der Waals surface area contributed by atoms with Crippen molar-refractivity contribution >= 4 is 11.9 Å². The van der Waals surface area contributed by atoms with Crippen molar-refractivity contribution in [2.75, 3.05) is 31.1 Å². The van der Waals surface area contributed by atoms with Crippen LogP contribution in [0.25, 0.3) is 0 Å². The van der Waals surface area contributed by atoms with Gasteiger partial charge in [0.25, 0.3) is 0 Å². The summed E-state index contributed by atoms with van der Waals surface area (Å²) in [5, 5.41) is 4.24. The Balaban J connectivity index is 1.41. The Morgan fingerprint density at radius 2 is 1.92 bits per heavy atom. The molecule has 2 atom stereocenters. The van der Waals surface area contributed by atoms with Gasteiger partial charge in [-0.15, -0.1) is 0 Å². The van der Waals surface area contributed by atoms with E-state index < -0.39 is 0 Å². The van der Waals surface area contributed by atoms with Gasteiger partial charge in [-0.05, 0) is 31.7 Å². The average Bonchev–Trinajstić information content (AvgIpc) is 3.23. The van der Waals surface area contributed by atoms with E-state index >= 15 is 0 Å². The molecule has 2 fully saturated rings. The number of anilines is 1. The number of likely N-dealkylation sites (tertiary alicyclic amines) is 1. The molecule has 132 valence electrons. The van der Waals surface area contributed by atoms with E-state index in [1.165, 1.54) is 0 Å². The lowest BCUT2D eigenvalue weighted by molar-refractivity contribution is -0.137. The smallest absolute Gasteiger partial charge is 0.227 e. The minimum absolute atomic E-state index is 0.0204. The second-order valence-electron chi connectivity index (χ2n) is 6.79. The summed E-state index contributed by atoms with van der Waals surface area (Å²) >= 11 is 0. The summed E-state index contributed by atoms with van der Waals surface area (Å²) in [6.07, 6.45) is 10.8. The number of carbonyl (C=O) groups is 1. The van der Waals surface area contributed by atoms with Crippen molar-refractivity contribution in [3.05, 3.63) is 31.1 Å². The molecule has 25 heavy (non-hydrogen) atoms. The number of hydrogen-bond donors (Lipinski definition) is 0. The Hall–Kier alpha value is -2.51. The molecule has 4 rings (SSSR count). The number of piperidine rings is 2. The van der Waals surface area contributed by atoms with E-state index in [2.05, 4.69) is 25.0 Å². The topological polar surface area (TPSA) is 80.0 Å². The SMILES string of the molecule is O=C(C1CCCN(c2ncccn2)C1)N1CCCC(n2cncn2)C1. The summed E-state index contributed by atoms with van der Waals surface area (Å²) in [4.78, 5) is 29.9. The summed E-state index contributed by atoms with van der Waals surface area (Å²) in [5.41, 5.74) is 0. The van der Waals surface area contributed by atoms with E-state index in [1.807, 2.05) is 15.6 Å². The normalized spacial score (nSPS) is 24.3. The maximum atomic E-state index is 13.1. The highest BCUT2D eigenvalue weighted by Gasteiger charge is 2.33. The van der Waals surface area contributed by atoms with Crippen molar-refractivity contribution < 1.29 is 4.79 Å². The average molecular weight is 341 g/mol. The van der Waals surface area contributed by atoms with Crippen LogP contribution in [0.3, 0.4) is 0 Å². The third kappa shape index (κ3) is 3.47. The summed E-state index contributed by atoms with van der Waals surface area (Å²) in [7, 11) is 0. The van der Waals surface area contributed by atoms with Crippen LogP contribution in [0.15, 0.2) is 31.1 Å². The minimum Gasteiger partial charge on any atom is -0.340 e. The van der Waals surface area contributed by atoms with Crippen molar-refractivity contribution in [2.45, 2.75) is 31.7 Å². The summed E-state index contributed by atoms with van der Waals surface area (Å²) in [5.74, 6) is 0.997. The first kappa shape index (κ1) is 16.0. The molecule has 0 aliphatic carbocycles. The molecule has 0 saturated carbocycles. The maximum absolute atomic E-state index is 13.1. The van der Waals surface area contributed by atoms with Gasteiger partial charge < -0.3 is 9.80 Å². The number of amides is 1. The van der Waals surface area contributed by atoms with Crippen LogP contribution in [0.2, 0.25) is 0 Å². The fraction of sp³-hybridized carbons (Fsp3) is 0.588. The van der Waals surface area contributed by atoms with Crippen LogP contribution in [0.4, 0.5) is 5.95 Å². The number of carbonyl (C=O) groups excluding carboxylic acids is 1. The molecule has 0 radical (unpaired) electrons. The summed E-state index contributed by atoms with van der Waals surface area (Å²) < 4.78 is 1.88. The van der Waals surface area contributed by atoms with E-state index in [-0.39, 0.29) is 17.9 Å². The van der Waals surface area contributed by atoms with Crippen LogP contribution >= 0.6 is 0 Å². The molecule has 2 aromatic heterocycles. The first-order valence-electron chi connectivity index (χ1n) is 8.96. The van der Waals surface area contributed by atoms with E-state index in [1.54, 1.807) is 25.0 Å². The summed E-state index contributed by atoms with van der Waals surface area (Å²) in [6, 6.07) is 2.05. The van der Waals surface area contributed by atoms with Gasteiger partial charge in [-0.3, -0.25) is 4.79 Å². The molecule has 2 aliphatic heterocycles. The van der Waals surface area contributed by atoms with Crippen LogP contribution in [-0.2, 0) is 4.79 Å². The molecule has 0 N–H and O–H groups in total. The van der Waals surface area contributed by atoms with E-state index in [9.17, 15) is 4.79 Å². The first-order chi connectivity index (χ1) is 12.3. The molecule has 2 saturated heterocycles. The highest BCUT2D eigenvalue weighted by atomic mass is 16.2. The highest BCUT2D eigenvalue weighted by molar-refractivity contribution is 5.79. The van der Waals surface area contributed by atoms with Gasteiger partial charge in [-0.25, -0.2) is 19.6 Å². The molecule has 8 nitrogen and oxygen atoms in total. The standard InChI is InChI=1S/C17H23N7O/c25-16(22-8-2-5-15(11-22)24-13-18-12-21-24)14-4-1-9-23(10-14)17-19-6-3-7-20-17/h3,6-7,12-15H,1-2,4-5,8-11H2. The van der Waals surface area contributed by atoms with E-state index in [4.69, 9.17) is 0 Å². The van der Waals surface area contributed by atoms with Crippen molar-refractivity contribution in [3.63, 3.8) is 0 Å². The number of rotatable bonds is 3. The lowest BCUT2D eigenvalue weighted by Gasteiger charge is -2.38. The Labute approximate surface area is 146 Å². The molecule has 0 bridgehead atoms. The second kappa shape index (κ2) is 7.16. The number of nitrogens with zero attached hydrogens (tertiary/aromatic N) is 7. The zero-order chi connectivity index (χ0) is 17.1. The van der Waals surface area contributed by atoms with E-state index in [0.717, 1.165) is 51.3 Å². The molecule has 2 aliphatic rings. The molecule has 2 aromatic rings. The fourth-order valence-electron chi connectivity index (χ4n) is 3.85. The quantitative estimate of drug-likeness (QED) is 0.833. The molecular weight excluding hydrogens is 318 g/mol. The Kier molecular flexibility index (Phi) is 4.58. The highest BCUT2D eigenvalue weighted by Crippen LogP contribution is 2.26. The van der Waals surface area contributed by atoms with Crippen molar-refractivity contribution in [1.82, 2.24) is 29.6 Å².